The van der Waals surface area contributed by atoms with E-state index in [1.54, 1.807) is 12.1 Å². The van der Waals surface area contributed by atoms with Gasteiger partial charge in [0, 0.05) is 17.3 Å². The lowest BCUT2D eigenvalue weighted by atomic mass is 10.1. The van der Waals surface area contributed by atoms with Gasteiger partial charge in [-0.05, 0) is 25.0 Å². The second kappa shape index (κ2) is 4.60. The van der Waals surface area contributed by atoms with E-state index in [1.165, 1.54) is 6.07 Å². The molecule has 0 amide bonds. The Morgan fingerprint density at radius 1 is 1.50 bits per heavy atom. The molecule has 2 N–H and O–H groups in total. The lowest BCUT2D eigenvalue weighted by Crippen LogP contribution is -1.97. The molecule has 1 aromatic carbocycles. The molecule has 76 valence electrons. The largest absolute Gasteiger partial charge is 0.399 e. The van der Waals surface area contributed by atoms with Crippen molar-refractivity contribution in [2.45, 2.75) is 26.2 Å². The van der Waals surface area contributed by atoms with Gasteiger partial charge in [0.1, 0.15) is 0 Å². The minimum absolute atomic E-state index is 0.174. The summed E-state index contributed by atoms with van der Waals surface area (Å²) < 4.78 is 0. The van der Waals surface area contributed by atoms with Crippen LogP contribution < -0.4 is 5.73 Å². The Morgan fingerprint density at radius 2 is 2.21 bits per heavy atom. The number of nitrogen functional groups attached to an aromatic ring is 1. The number of nitro groups is 1. The maximum Gasteiger partial charge on any atom is 0.272 e. The van der Waals surface area contributed by atoms with Gasteiger partial charge in [0.05, 0.1) is 4.92 Å². The molecule has 0 heterocycles. The predicted octanol–water partition coefficient (Wildman–Crippen LogP) is 2.52. The molecule has 4 heteroatoms. The number of nitrogens with two attached hydrogens (primary N) is 1. The van der Waals surface area contributed by atoms with E-state index in [0.29, 0.717) is 5.69 Å². The number of hydrogen-bond acceptors (Lipinski definition) is 3. The Balaban J connectivity index is 2.97. The molecule has 0 saturated carbocycles. The number of rotatable bonds is 4. The third-order valence-corrected chi connectivity index (χ3v) is 2.10. The van der Waals surface area contributed by atoms with Gasteiger partial charge in [0.15, 0.2) is 0 Å². The second-order valence-corrected chi connectivity index (χ2v) is 3.25. The zero-order valence-electron chi connectivity index (χ0n) is 8.19. The van der Waals surface area contributed by atoms with E-state index in [-0.39, 0.29) is 10.6 Å². The van der Waals surface area contributed by atoms with Crippen molar-refractivity contribution in [2.24, 2.45) is 0 Å². The highest BCUT2D eigenvalue weighted by Crippen LogP contribution is 2.22. The summed E-state index contributed by atoms with van der Waals surface area (Å²) in [6, 6.07) is 4.72. The van der Waals surface area contributed by atoms with E-state index in [4.69, 9.17) is 5.73 Å². The second-order valence-electron chi connectivity index (χ2n) is 3.25. The molecule has 1 rings (SSSR count). The first kappa shape index (κ1) is 10.5. The molecule has 1 aromatic rings. The van der Waals surface area contributed by atoms with Gasteiger partial charge in [0.2, 0.25) is 0 Å². The summed E-state index contributed by atoms with van der Waals surface area (Å²) in [5.41, 5.74) is 7.07. The third kappa shape index (κ3) is 2.45. The fraction of sp³-hybridized carbons (Fsp3) is 0.400. The molecule has 0 fully saturated rings. The molecule has 14 heavy (non-hydrogen) atoms. The SMILES string of the molecule is CCCCc1cc(N)ccc1[N+](=O)[O-]. The van der Waals surface area contributed by atoms with Crippen molar-refractivity contribution < 1.29 is 4.92 Å². The molecule has 0 spiro atoms. The summed E-state index contributed by atoms with van der Waals surface area (Å²) in [4.78, 5) is 10.3. The zero-order chi connectivity index (χ0) is 10.6. The van der Waals surface area contributed by atoms with Crippen LogP contribution in [0, 0.1) is 10.1 Å². The summed E-state index contributed by atoms with van der Waals surface area (Å²) in [6.45, 7) is 2.05. The standard InChI is InChI=1S/C10H14N2O2/c1-2-3-4-8-7-9(11)5-6-10(8)12(13)14/h5-7H,2-4,11H2,1H3. The number of aryl methyl sites for hydroxylation is 1. The number of unbranched alkanes of at least 4 members (excludes halogenated alkanes) is 1. The van der Waals surface area contributed by atoms with E-state index in [1.807, 2.05) is 0 Å². The van der Waals surface area contributed by atoms with Crippen LogP contribution in [-0.4, -0.2) is 4.92 Å². The van der Waals surface area contributed by atoms with Crippen molar-refractivity contribution in [3.63, 3.8) is 0 Å². The molecule has 0 aliphatic carbocycles. The van der Waals surface area contributed by atoms with Crippen molar-refractivity contribution >= 4 is 11.4 Å². The first-order valence-corrected chi connectivity index (χ1v) is 4.68. The van der Waals surface area contributed by atoms with Crippen LogP contribution in [0.4, 0.5) is 11.4 Å². The van der Waals surface area contributed by atoms with Crippen LogP contribution in [0.1, 0.15) is 25.3 Å². The molecule has 0 aliphatic heterocycles. The summed E-state index contributed by atoms with van der Waals surface area (Å²) in [7, 11) is 0. The Morgan fingerprint density at radius 3 is 2.79 bits per heavy atom. The number of anilines is 1. The summed E-state index contributed by atoms with van der Waals surface area (Å²) in [5.74, 6) is 0. The van der Waals surface area contributed by atoms with Crippen molar-refractivity contribution in [1.29, 1.82) is 0 Å². The van der Waals surface area contributed by atoms with Gasteiger partial charge >= 0.3 is 0 Å². The quantitative estimate of drug-likeness (QED) is 0.455. The smallest absolute Gasteiger partial charge is 0.272 e. The van der Waals surface area contributed by atoms with E-state index in [0.717, 1.165) is 24.8 Å². The van der Waals surface area contributed by atoms with Crippen LogP contribution in [-0.2, 0) is 6.42 Å². The van der Waals surface area contributed by atoms with Gasteiger partial charge in [-0.1, -0.05) is 13.3 Å². The lowest BCUT2D eigenvalue weighted by Gasteiger charge is -2.02. The summed E-state index contributed by atoms with van der Waals surface area (Å²) in [5, 5.41) is 10.7. The maximum atomic E-state index is 10.7. The van der Waals surface area contributed by atoms with E-state index in [2.05, 4.69) is 6.92 Å². The van der Waals surface area contributed by atoms with Gasteiger partial charge in [0.25, 0.3) is 5.69 Å². The van der Waals surface area contributed by atoms with Crippen LogP contribution in [0.5, 0.6) is 0 Å². The molecule has 4 nitrogen and oxygen atoms in total. The number of hydrogen-bond donors (Lipinski definition) is 1. The van der Waals surface area contributed by atoms with Crippen molar-refractivity contribution in [1.82, 2.24) is 0 Å². The van der Waals surface area contributed by atoms with Crippen LogP contribution >= 0.6 is 0 Å². The normalized spacial score (nSPS) is 10.1. The van der Waals surface area contributed by atoms with E-state index in [9.17, 15) is 10.1 Å². The highest BCUT2D eigenvalue weighted by Gasteiger charge is 2.12. The number of nitrogens with zero attached hydrogens (tertiary/aromatic N) is 1. The fourth-order valence-corrected chi connectivity index (χ4v) is 1.35. The predicted molar refractivity (Wildman–Crippen MR) is 56.1 cm³/mol. The van der Waals surface area contributed by atoms with Crippen molar-refractivity contribution in [3.8, 4) is 0 Å². The summed E-state index contributed by atoms with van der Waals surface area (Å²) >= 11 is 0. The van der Waals surface area contributed by atoms with Crippen molar-refractivity contribution in [3.05, 3.63) is 33.9 Å². The zero-order valence-corrected chi connectivity index (χ0v) is 8.19. The third-order valence-electron chi connectivity index (χ3n) is 2.10. The molecule has 0 aromatic heterocycles. The molecule has 0 saturated heterocycles. The minimum Gasteiger partial charge on any atom is -0.399 e. The molecule has 0 bridgehead atoms. The van der Waals surface area contributed by atoms with Crippen LogP contribution in [0.2, 0.25) is 0 Å². The van der Waals surface area contributed by atoms with Gasteiger partial charge in [-0.2, -0.15) is 0 Å². The molecule has 0 unspecified atom stereocenters. The minimum atomic E-state index is -0.357. The Kier molecular flexibility index (Phi) is 3.45. The van der Waals surface area contributed by atoms with E-state index >= 15 is 0 Å². The number of nitro benzene ring substituents is 1. The molecule has 0 radical (unpaired) electrons. The highest BCUT2D eigenvalue weighted by molar-refractivity contribution is 5.51. The topological polar surface area (TPSA) is 69.2 Å². The van der Waals surface area contributed by atoms with Gasteiger partial charge in [-0.15, -0.1) is 0 Å². The molecular weight excluding hydrogens is 180 g/mol. The first-order chi connectivity index (χ1) is 6.65. The lowest BCUT2D eigenvalue weighted by molar-refractivity contribution is -0.385. The monoisotopic (exact) mass is 194 g/mol. The first-order valence-electron chi connectivity index (χ1n) is 4.68. The molecule has 0 aliphatic rings. The fourth-order valence-electron chi connectivity index (χ4n) is 1.35. The Labute approximate surface area is 82.9 Å². The Hall–Kier alpha value is -1.58. The van der Waals surface area contributed by atoms with Gasteiger partial charge < -0.3 is 5.73 Å². The average Bonchev–Trinajstić information content (AvgIpc) is 2.14. The summed E-state index contributed by atoms with van der Waals surface area (Å²) in [6.07, 6.45) is 2.69. The van der Waals surface area contributed by atoms with Gasteiger partial charge in [-0.3, -0.25) is 10.1 Å². The Bertz CT molecular complexity index is 337. The highest BCUT2D eigenvalue weighted by atomic mass is 16.6. The van der Waals surface area contributed by atoms with Crippen LogP contribution in [0.25, 0.3) is 0 Å². The molecular formula is C10H14N2O2. The van der Waals surface area contributed by atoms with E-state index < -0.39 is 0 Å². The van der Waals surface area contributed by atoms with Crippen LogP contribution in [0.3, 0.4) is 0 Å². The average molecular weight is 194 g/mol. The van der Waals surface area contributed by atoms with Crippen LogP contribution in [0.15, 0.2) is 18.2 Å². The maximum absolute atomic E-state index is 10.7. The molecule has 0 atom stereocenters. The van der Waals surface area contributed by atoms with Gasteiger partial charge in [-0.25, -0.2) is 0 Å². The number of benzene rings is 1. The van der Waals surface area contributed by atoms with Crippen molar-refractivity contribution in [2.75, 3.05) is 5.73 Å².